The summed E-state index contributed by atoms with van der Waals surface area (Å²) in [6.07, 6.45) is 7.20. The fraction of sp³-hybridized carbons (Fsp3) is 0.444. The minimum atomic E-state index is -0.754. The number of carbonyl (C=O) groups is 2. The number of nitrogens with zero attached hydrogens (tertiary/aromatic N) is 3. The Balaban J connectivity index is 1.74. The Labute approximate surface area is 205 Å². The van der Waals surface area contributed by atoms with Gasteiger partial charge in [-0.05, 0) is 62.5 Å². The number of likely N-dealkylation sites (tertiary alicyclic amines) is 1. The lowest BCUT2D eigenvalue weighted by Crippen LogP contribution is -2.40. The first-order chi connectivity index (χ1) is 16.7. The highest BCUT2D eigenvalue weighted by molar-refractivity contribution is 5.95. The molecule has 0 N–H and O–H groups in total. The van der Waals surface area contributed by atoms with E-state index in [2.05, 4.69) is 18.6 Å². The van der Waals surface area contributed by atoms with Crippen molar-refractivity contribution in [3.8, 4) is 0 Å². The Morgan fingerprint density at radius 2 is 1.83 bits per heavy atom. The molecule has 3 rings (SSSR count). The molecular weight excluding hydrogens is 452 g/mol. The van der Waals surface area contributed by atoms with E-state index in [9.17, 15) is 18.4 Å². The molecule has 8 heteroatoms. The molecule has 6 nitrogen and oxygen atoms in total. The van der Waals surface area contributed by atoms with Crippen molar-refractivity contribution in [2.75, 3.05) is 19.7 Å². The van der Waals surface area contributed by atoms with Crippen LogP contribution in [0.3, 0.4) is 0 Å². The molecule has 0 radical (unpaired) electrons. The van der Waals surface area contributed by atoms with E-state index in [-0.39, 0.29) is 23.3 Å². The van der Waals surface area contributed by atoms with Crippen LogP contribution in [0, 0.1) is 17.6 Å². The molecule has 0 spiro atoms. The fourth-order valence-corrected chi connectivity index (χ4v) is 4.14. The van der Waals surface area contributed by atoms with E-state index >= 15 is 0 Å². The van der Waals surface area contributed by atoms with Crippen LogP contribution in [0.4, 0.5) is 13.6 Å². The van der Waals surface area contributed by atoms with Gasteiger partial charge >= 0.3 is 6.09 Å². The number of carbonyl (C=O) groups excluding carboxylic acids is 2. The van der Waals surface area contributed by atoms with Gasteiger partial charge in [0.25, 0.3) is 0 Å². The van der Waals surface area contributed by atoms with E-state index in [0.29, 0.717) is 31.2 Å². The van der Waals surface area contributed by atoms with Gasteiger partial charge in [-0.2, -0.15) is 5.10 Å². The molecule has 2 heterocycles. The molecule has 2 aromatic rings. The third-order valence-corrected chi connectivity index (χ3v) is 6.55. The van der Waals surface area contributed by atoms with Crippen molar-refractivity contribution in [1.29, 1.82) is 0 Å². The van der Waals surface area contributed by atoms with Gasteiger partial charge in [0.05, 0.1) is 30.1 Å². The smallest absolute Gasteiger partial charge is 0.409 e. The Kier molecular flexibility index (Phi) is 8.59. The second kappa shape index (κ2) is 11.4. The summed E-state index contributed by atoms with van der Waals surface area (Å²) in [5.41, 5.74) is 1.80. The molecule has 1 aliphatic heterocycles. The normalized spacial score (nSPS) is 15.7. The highest BCUT2D eigenvalue weighted by Crippen LogP contribution is 2.29. The second-order valence-electron chi connectivity index (χ2n) is 9.14. The molecule has 1 aliphatic rings. The maximum absolute atomic E-state index is 14.6. The molecule has 1 aromatic heterocycles. The Bertz CT molecular complexity index is 1130. The number of aromatic nitrogens is 2. The highest BCUT2D eigenvalue weighted by atomic mass is 19.1. The van der Waals surface area contributed by atoms with Gasteiger partial charge in [-0.3, -0.25) is 9.48 Å². The number of rotatable bonds is 8. The van der Waals surface area contributed by atoms with Crippen LogP contribution in [0.2, 0.25) is 0 Å². The van der Waals surface area contributed by atoms with Crippen LogP contribution in [0.25, 0.3) is 17.7 Å². The number of hydrogen-bond acceptors (Lipinski definition) is 4. The largest absolute Gasteiger partial charge is 0.449 e. The zero-order chi connectivity index (χ0) is 25.7. The van der Waals surface area contributed by atoms with E-state index in [1.807, 2.05) is 11.6 Å². The van der Waals surface area contributed by atoms with Gasteiger partial charge < -0.3 is 9.64 Å². The summed E-state index contributed by atoms with van der Waals surface area (Å²) in [5, 5.41) is 4.53. The SMILES string of the molecule is C=Cc1c(/C=C(\C)c2cc(F)c(C(C)=O)cc2F)cnn1C1CCN(C(=O)OCC(C)CC)CC1. The summed E-state index contributed by atoms with van der Waals surface area (Å²) in [6, 6.07) is 2.06. The van der Waals surface area contributed by atoms with E-state index < -0.39 is 17.4 Å². The number of halogens is 2. The van der Waals surface area contributed by atoms with Crippen molar-refractivity contribution in [2.24, 2.45) is 5.92 Å². The zero-order valence-corrected chi connectivity index (χ0v) is 20.8. The topological polar surface area (TPSA) is 64.4 Å². The van der Waals surface area contributed by atoms with Crippen molar-refractivity contribution < 1.29 is 23.1 Å². The summed E-state index contributed by atoms with van der Waals surface area (Å²) in [6.45, 7) is 12.5. The van der Waals surface area contributed by atoms with Gasteiger partial charge in [0.2, 0.25) is 0 Å². The zero-order valence-electron chi connectivity index (χ0n) is 20.8. The van der Waals surface area contributed by atoms with Crippen LogP contribution in [0.5, 0.6) is 0 Å². The lowest BCUT2D eigenvalue weighted by atomic mass is 10.00. The highest BCUT2D eigenvalue weighted by Gasteiger charge is 2.27. The number of amides is 1. The lowest BCUT2D eigenvalue weighted by Gasteiger charge is -2.32. The summed E-state index contributed by atoms with van der Waals surface area (Å²) in [7, 11) is 0. The molecule has 0 bridgehead atoms. The van der Waals surface area contributed by atoms with Crippen LogP contribution in [0.15, 0.2) is 24.9 Å². The monoisotopic (exact) mass is 485 g/mol. The van der Waals surface area contributed by atoms with Gasteiger partial charge in [0, 0.05) is 24.2 Å². The Hall–Kier alpha value is -3.29. The summed E-state index contributed by atoms with van der Waals surface area (Å²) >= 11 is 0. The van der Waals surface area contributed by atoms with Crippen molar-refractivity contribution >= 4 is 29.6 Å². The number of ether oxygens (including phenoxy) is 1. The van der Waals surface area contributed by atoms with Crippen LogP contribution in [0.1, 0.15) is 80.2 Å². The molecule has 1 saturated heterocycles. The summed E-state index contributed by atoms with van der Waals surface area (Å²) in [5.74, 6) is -1.61. The molecule has 0 saturated carbocycles. The standard InChI is InChI=1S/C27H33F2N3O3/c1-6-17(3)16-35-27(34)31-10-8-21(9-11-31)32-26(7-2)20(15-30-32)12-18(4)22-13-25(29)23(19(5)33)14-24(22)28/h7,12-15,17,21H,2,6,8-11,16H2,1,3-5H3/b18-12+. The van der Waals surface area contributed by atoms with Crippen molar-refractivity contribution in [2.45, 2.75) is 53.0 Å². The number of allylic oxidation sites excluding steroid dienone is 1. The number of hydrogen-bond donors (Lipinski definition) is 0. The van der Waals surface area contributed by atoms with Crippen molar-refractivity contribution in [3.63, 3.8) is 0 Å². The first kappa shape index (κ1) is 26.3. The third kappa shape index (κ3) is 6.05. The third-order valence-electron chi connectivity index (χ3n) is 6.55. The van der Waals surface area contributed by atoms with Crippen molar-refractivity contribution in [1.82, 2.24) is 14.7 Å². The van der Waals surface area contributed by atoms with Crippen molar-refractivity contribution in [3.05, 3.63) is 58.9 Å². The Morgan fingerprint density at radius 3 is 2.43 bits per heavy atom. The molecule has 35 heavy (non-hydrogen) atoms. The second-order valence-corrected chi connectivity index (χ2v) is 9.14. The van der Waals surface area contributed by atoms with Gasteiger partial charge in [0.1, 0.15) is 11.6 Å². The summed E-state index contributed by atoms with van der Waals surface area (Å²) < 4.78 is 36.2. The molecule has 1 unspecified atom stereocenters. The van der Waals surface area contributed by atoms with Gasteiger partial charge in [-0.15, -0.1) is 0 Å². The minimum absolute atomic E-state index is 0.0769. The number of ketones is 1. The Morgan fingerprint density at radius 1 is 1.20 bits per heavy atom. The number of Topliss-reactive ketones (excluding diaryl/α,β-unsaturated/α-hetero) is 1. The average molecular weight is 486 g/mol. The molecular formula is C27H33F2N3O3. The molecule has 1 aromatic carbocycles. The maximum Gasteiger partial charge on any atom is 0.409 e. The molecule has 0 aliphatic carbocycles. The lowest BCUT2D eigenvalue weighted by molar-refractivity contribution is 0.0765. The maximum atomic E-state index is 14.6. The first-order valence-electron chi connectivity index (χ1n) is 12.0. The van der Waals surface area contributed by atoms with Gasteiger partial charge in [-0.25, -0.2) is 13.6 Å². The van der Waals surface area contributed by atoms with Crippen LogP contribution in [-0.4, -0.2) is 46.3 Å². The van der Waals surface area contributed by atoms with E-state index in [0.717, 1.165) is 42.7 Å². The first-order valence-corrected chi connectivity index (χ1v) is 12.0. The molecule has 1 amide bonds. The molecule has 188 valence electrons. The van der Waals surface area contributed by atoms with E-state index in [4.69, 9.17) is 4.74 Å². The van der Waals surface area contributed by atoms with Gasteiger partial charge in [-0.1, -0.05) is 26.8 Å². The predicted molar refractivity (Wildman–Crippen MR) is 133 cm³/mol. The molecule has 1 fully saturated rings. The van der Waals surface area contributed by atoms with Crippen LogP contribution >= 0.6 is 0 Å². The summed E-state index contributed by atoms with van der Waals surface area (Å²) in [4.78, 5) is 25.5. The van der Waals surface area contributed by atoms with Gasteiger partial charge in [0.15, 0.2) is 5.78 Å². The molecule has 1 atom stereocenters. The van der Waals surface area contributed by atoms with E-state index in [1.54, 1.807) is 30.2 Å². The quantitative estimate of drug-likeness (QED) is 0.407. The van der Waals surface area contributed by atoms with Crippen LogP contribution in [-0.2, 0) is 4.74 Å². The number of benzene rings is 1. The average Bonchev–Trinajstić information content (AvgIpc) is 3.25. The number of piperidine rings is 1. The fourth-order valence-electron chi connectivity index (χ4n) is 4.14. The predicted octanol–water partition coefficient (Wildman–Crippen LogP) is 6.39. The van der Waals surface area contributed by atoms with Crippen LogP contribution < -0.4 is 0 Å². The van der Waals surface area contributed by atoms with E-state index in [1.165, 1.54) is 6.92 Å². The minimum Gasteiger partial charge on any atom is -0.449 e.